The van der Waals surface area contributed by atoms with Crippen molar-refractivity contribution in [3.05, 3.63) is 57.6 Å². The van der Waals surface area contributed by atoms with Crippen LogP contribution in [0.1, 0.15) is 35.0 Å². The van der Waals surface area contributed by atoms with Gasteiger partial charge in [0.15, 0.2) is 0 Å². The number of hydrogen-bond acceptors (Lipinski definition) is 5. The molecule has 0 unspecified atom stereocenters. The molecular formula is C18H16ClN3O2S. The molecule has 7 heteroatoms. The summed E-state index contributed by atoms with van der Waals surface area (Å²) in [5.41, 5.74) is 1.51. The molecule has 0 radical (unpaired) electrons. The lowest BCUT2D eigenvalue weighted by Crippen LogP contribution is -2.38. The van der Waals surface area contributed by atoms with E-state index in [4.69, 9.17) is 16.0 Å². The quantitative estimate of drug-likeness (QED) is 0.679. The fraction of sp³-hybridized carbons (Fsp3) is 0.278. The second-order valence-electron chi connectivity index (χ2n) is 6.00. The average molecular weight is 374 g/mol. The molecule has 3 aromatic rings. The molecule has 1 amide bonds. The molecule has 0 saturated carbocycles. The maximum Gasteiger partial charge on any atom is 0.255 e. The van der Waals surface area contributed by atoms with Crippen molar-refractivity contribution in [3.8, 4) is 11.5 Å². The molecule has 0 bridgehead atoms. The number of nitrogens with zero attached hydrogens (tertiary/aromatic N) is 3. The van der Waals surface area contributed by atoms with Crippen molar-refractivity contribution in [1.82, 2.24) is 15.1 Å². The minimum absolute atomic E-state index is 0.0199. The highest BCUT2D eigenvalue weighted by Gasteiger charge is 2.28. The number of amides is 1. The van der Waals surface area contributed by atoms with Crippen molar-refractivity contribution in [3.63, 3.8) is 0 Å². The van der Waals surface area contributed by atoms with Crippen molar-refractivity contribution in [2.45, 2.75) is 18.8 Å². The number of hydrogen-bond donors (Lipinski definition) is 0. The number of halogens is 1. The standard InChI is InChI=1S/C18H16ClN3O2S/c19-15-4-2-1-3-14(15)18(23)22-8-5-12(6-9-22)16-20-21-17(24-16)13-7-10-25-11-13/h1-4,7,10-12H,5-6,8-9H2. The summed E-state index contributed by atoms with van der Waals surface area (Å²) >= 11 is 7.73. The molecular weight excluding hydrogens is 358 g/mol. The summed E-state index contributed by atoms with van der Waals surface area (Å²) in [6.45, 7) is 1.32. The summed E-state index contributed by atoms with van der Waals surface area (Å²) in [5.74, 6) is 1.39. The van der Waals surface area contributed by atoms with E-state index >= 15 is 0 Å². The number of likely N-dealkylation sites (tertiary alicyclic amines) is 1. The maximum atomic E-state index is 12.6. The molecule has 1 aliphatic rings. The van der Waals surface area contributed by atoms with Crippen LogP contribution in [0.2, 0.25) is 5.02 Å². The summed E-state index contributed by atoms with van der Waals surface area (Å²) in [7, 11) is 0. The highest BCUT2D eigenvalue weighted by molar-refractivity contribution is 7.08. The molecule has 25 heavy (non-hydrogen) atoms. The zero-order valence-electron chi connectivity index (χ0n) is 13.4. The number of benzene rings is 1. The van der Waals surface area contributed by atoms with Crippen molar-refractivity contribution < 1.29 is 9.21 Å². The minimum Gasteiger partial charge on any atom is -0.420 e. The number of aromatic nitrogens is 2. The van der Waals surface area contributed by atoms with Crippen LogP contribution in [0.5, 0.6) is 0 Å². The minimum atomic E-state index is -0.0199. The number of carbonyl (C=O) groups excluding carboxylic acids is 1. The Morgan fingerprint density at radius 2 is 2.00 bits per heavy atom. The molecule has 3 heterocycles. The first-order chi connectivity index (χ1) is 12.2. The Balaban J connectivity index is 1.42. The van der Waals surface area contributed by atoms with Gasteiger partial charge in [0.25, 0.3) is 5.91 Å². The van der Waals surface area contributed by atoms with Crippen LogP contribution in [0.15, 0.2) is 45.5 Å². The predicted octanol–water partition coefficient (Wildman–Crippen LogP) is 4.47. The van der Waals surface area contributed by atoms with Crippen LogP contribution in [0, 0.1) is 0 Å². The summed E-state index contributed by atoms with van der Waals surface area (Å²) in [5, 5.41) is 12.8. The molecule has 1 aromatic carbocycles. The molecule has 4 rings (SSSR count). The lowest BCUT2D eigenvalue weighted by Gasteiger charge is -2.30. The van der Waals surface area contributed by atoms with E-state index in [1.54, 1.807) is 23.5 Å². The first-order valence-corrected chi connectivity index (χ1v) is 9.44. The Hall–Kier alpha value is -2.18. The molecule has 1 aliphatic heterocycles. The molecule has 0 N–H and O–H groups in total. The number of rotatable bonds is 3. The Labute approximate surface area is 154 Å². The van der Waals surface area contributed by atoms with E-state index < -0.39 is 0 Å². The van der Waals surface area contributed by atoms with Crippen LogP contribution in [0.3, 0.4) is 0 Å². The van der Waals surface area contributed by atoms with Crippen LogP contribution in [0.4, 0.5) is 0 Å². The van der Waals surface area contributed by atoms with Crippen LogP contribution in [-0.4, -0.2) is 34.1 Å². The van der Waals surface area contributed by atoms with Crippen molar-refractivity contribution >= 4 is 28.8 Å². The predicted molar refractivity (Wildman–Crippen MR) is 96.9 cm³/mol. The normalized spacial score (nSPS) is 15.5. The van der Waals surface area contributed by atoms with Gasteiger partial charge in [0.2, 0.25) is 11.8 Å². The van der Waals surface area contributed by atoms with E-state index in [1.807, 2.05) is 33.9 Å². The summed E-state index contributed by atoms with van der Waals surface area (Å²) < 4.78 is 5.83. The fourth-order valence-corrected chi connectivity index (χ4v) is 3.88. The van der Waals surface area contributed by atoms with Gasteiger partial charge in [0.1, 0.15) is 0 Å². The van der Waals surface area contributed by atoms with Crippen molar-refractivity contribution in [2.24, 2.45) is 0 Å². The Bertz CT molecular complexity index is 870. The molecule has 1 saturated heterocycles. The SMILES string of the molecule is O=C(c1ccccc1Cl)N1CCC(c2nnc(-c3ccsc3)o2)CC1. The van der Waals surface area contributed by atoms with Crippen LogP contribution in [0.25, 0.3) is 11.5 Å². The summed E-state index contributed by atoms with van der Waals surface area (Å²) in [6.07, 6.45) is 1.61. The van der Waals surface area contributed by atoms with E-state index in [2.05, 4.69) is 10.2 Å². The fourth-order valence-electron chi connectivity index (χ4n) is 3.04. The van der Waals surface area contributed by atoms with Crippen LogP contribution in [-0.2, 0) is 0 Å². The van der Waals surface area contributed by atoms with Gasteiger partial charge in [-0.2, -0.15) is 11.3 Å². The Morgan fingerprint density at radius 3 is 2.72 bits per heavy atom. The number of thiophene rings is 1. The largest absolute Gasteiger partial charge is 0.420 e. The van der Waals surface area contributed by atoms with Gasteiger partial charge in [-0.05, 0) is 36.4 Å². The zero-order chi connectivity index (χ0) is 17.2. The Morgan fingerprint density at radius 1 is 1.20 bits per heavy atom. The van der Waals surface area contributed by atoms with Crippen LogP contribution >= 0.6 is 22.9 Å². The molecule has 128 valence electrons. The lowest BCUT2D eigenvalue weighted by atomic mass is 9.96. The maximum absolute atomic E-state index is 12.6. The van der Waals surface area contributed by atoms with Gasteiger partial charge >= 0.3 is 0 Å². The number of piperidine rings is 1. The molecule has 1 fully saturated rings. The summed E-state index contributed by atoms with van der Waals surface area (Å²) in [6, 6.07) is 9.13. The third kappa shape index (κ3) is 3.32. The molecule has 0 aliphatic carbocycles. The van der Waals surface area contributed by atoms with Crippen LogP contribution < -0.4 is 0 Å². The van der Waals surface area contributed by atoms with E-state index in [0.717, 1.165) is 18.4 Å². The van der Waals surface area contributed by atoms with Gasteiger partial charge in [-0.3, -0.25) is 4.79 Å². The first-order valence-electron chi connectivity index (χ1n) is 8.12. The smallest absolute Gasteiger partial charge is 0.255 e. The van der Waals surface area contributed by atoms with Gasteiger partial charge in [0, 0.05) is 30.0 Å². The topological polar surface area (TPSA) is 59.2 Å². The molecule has 0 spiro atoms. The zero-order valence-corrected chi connectivity index (χ0v) is 15.0. The third-order valence-electron chi connectivity index (χ3n) is 4.44. The highest BCUT2D eigenvalue weighted by Crippen LogP contribution is 2.31. The number of carbonyl (C=O) groups is 1. The van der Waals surface area contributed by atoms with Gasteiger partial charge < -0.3 is 9.32 Å². The van der Waals surface area contributed by atoms with Gasteiger partial charge in [-0.15, -0.1) is 10.2 Å². The van der Waals surface area contributed by atoms with E-state index in [0.29, 0.717) is 35.5 Å². The third-order valence-corrected chi connectivity index (χ3v) is 5.46. The first kappa shape index (κ1) is 16.3. The average Bonchev–Trinajstić information content (AvgIpc) is 3.33. The van der Waals surface area contributed by atoms with Crippen molar-refractivity contribution in [2.75, 3.05) is 13.1 Å². The van der Waals surface area contributed by atoms with Gasteiger partial charge in [-0.1, -0.05) is 23.7 Å². The Kier molecular flexibility index (Phi) is 4.55. The molecule has 5 nitrogen and oxygen atoms in total. The second-order valence-corrected chi connectivity index (χ2v) is 7.19. The van der Waals surface area contributed by atoms with Gasteiger partial charge in [-0.25, -0.2) is 0 Å². The molecule has 0 atom stereocenters. The van der Waals surface area contributed by atoms with Crippen molar-refractivity contribution in [1.29, 1.82) is 0 Å². The van der Waals surface area contributed by atoms with Gasteiger partial charge in [0.05, 0.1) is 10.6 Å². The van der Waals surface area contributed by atoms with E-state index in [9.17, 15) is 4.79 Å². The lowest BCUT2D eigenvalue weighted by molar-refractivity contribution is 0.0706. The molecule has 2 aromatic heterocycles. The summed E-state index contributed by atoms with van der Waals surface area (Å²) in [4.78, 5) is 14.5. The van der Waals surface area contributed by atoms with E-state index in [1.165, 1.54) is 0 Å². The highest BCUT2D eigenvalue weighted by atomic mass is 35.5. The van der Waals surface area contributed by atoms with E-state index in [-0.39, 0.29) is 11.8 Å². The monoisotopic (exact) mass is 373 g/mol. The second kappa shape index (κ2) is 6.98.